The first-order chi connectivity index (χ1) is 26.0. The summed E-state index contributed by atoms with van der Waals surface area (Å²) < 4.78 is 13.0. The van der Waals surface area contributed by atoms with Crippen molar-refractivity contribution in [3.63, 3.8) is 0 Å². The number of aromatic nitrogens is 4. The van der Waals surface area contributed by atoms with Crippen molar-refractivity contribution in [1.29, 1.82) is 0 Å². The number of hydrogen-bond donors (Lipinski definition) is 0. The van der Waals surface area contributed by atoms with Crippen LogP contribution in [-0.4, -0.2) is 27.9 Å². The molecule has 1 aliphatic rings. The quantitative estimate of drug-likeness (QED) is 0.101. The molecule has 276 valence electrons. The fraction of sp³-hybridized carbons (Fsp3) is 0.191. The van der Waals surface area contributed by atoms with Crippen LogP contribution in [0.25, 0.3) is 33.3 Å². The van der Waals surface area contributed by atoms with Gasteiger partial charge in [-0.25, -0.2) is 4.98 Å². The molecule has 0 atom stereocenters. The number of anilines is 2. The van der Waals surface area contributed by atoms with E-state index in [1.165, 1.54) is 44.5 Å². The normalized spacial score (nSPS) is 12.5. The van der Waals surface area contributed by atoms with E-state index in [0.29, 0.717) is 11.5 Å². The van der Waals surface area contributed by atoms with Crippen molar-refractivity contribution in [1.82, 2.24) is 14.1 Å². The first kappa shape index (κ1) is 36.6. The van der Waals surface area contributed by atoms with Gasteiger partial charge >= 0.3 is 0 Å². The summed E-state index contributed by atoms with van der Waals surface area (Å²) in [5.74, 6) is 3.11. The van der Waals surface area contributed by atoms with E-state index in [0.717, 1.165) is 39.1 Å². The molecule has 1 aliphatic heterocycles. The molecule has 5 aromatic carbocycles. The summed E-state index contributed by atoms with van der Waals surface area (Å²) in [5.41, 5.74) is 12.9. The van der Waals surface area contributed by atoms with E-state index in [1.807, 2.05) is 24.4 Å². The number of benzene rings is 5. The molecule has 0 saturated carbocycles. The van der Waals surface area contributed by atoms with Gasteiger partial charge in [0, 0.05) is 62.6 Å². The molecule has 0 N–H and O–H groups in total. The second-order valence-electron chi connectivity index (χ2n) is 15.7. The summed E-state index contributed by atoms with van der Waals surface area (Å²) in [4.78, 5) is 7.11. The number of nitrogens with zero attached hydrogens (tertiary/aromatic N) is 5. The Bertz CT molecular complexity index is 2750. The molecule has 0 amide bonds. The van der Waals surface area contributed by atoms with E-state index >= 15 is 0 Å². The van der Waals surface area contributed by atoms with Gasteiger partial charge in [0.25, 0.3) is 0 Å². The standard InChI is InChI=1S/C47H42BN5O.Pt/c1-30-24-31(2)44(32(3)25-30)48-39-17-10-12-19-41(39)51(8)46-45(48)50(7)29-52(46)34-14-13-15-35(27-34)54-36-20-21-38-37-16-9-11-18-40(37)53(42(38)28-36)43-26-33(22-23-49-43)47(4,5)6;/h9-26H,1-8H3;/q-2;. The summed E-state index contributed by atoms with van der Waals surface area (Å²) >= 11 is 0. The van der Waals surface area contributed by atoms with Crippen LogP contribution in [0.2, 0.25) is 0 Å². The summed E-state index contributed by atoms with van der Waals surface area (Å²) in [6.45, 7) is 13.4. The average molecular weight is 899 g/mol. The summed E-state index contributed by atoms with van der Waals surface area (Å²) in [6, 6.07) is 43.4. The van der Waals surface area contributed by atoms with Crippen LogP contribution in [0, 0.1) is 39.2 Å². The number of para-hydroxylation sites is 2. The number of pyridine rings is 1. The van der Waals surface area contributed by atoms with Crippen molar-refractivity contribution >= 4 is 56.5 Å². The Morgan fingerprint density at radius 1 is 0.782 bits per heavy atom. The molecular weight excluding hydrogens is 856 g/mol. The third kappa shape index (κ3) is 6.10. The molecule has 9 rings (SSSR count). The van der Waals surface area contributed by atoms with Crippen molar-refractivity contribution in [2.24, 2.45) is 7.05 Å². The molecule has 6 nitrogen and oxygen atoms in total. The van der Waals surface area contributed by atoms with Crippen LogP contribution in [0.5, 0.6) is 11.5 Å². The average Bonchev–Trinajstić information content (AvgIpc) is 3.67. The number of rotatable bonds is 5. The molecule has 3 aromatic heterocycles. The predicted octanol–water partition coefficient (Wildman–Crippen LogP) is 7.80. The van der Waals surface area contributed by atoms with E-state index in [9.17, 15) is 0 Å². The Kier molecular flexibility index (Phi) is 9.13. The smallest absolute Gasteiger partial charge is 0.242 e. The predicted molar refractivity (Wildman–Crippen MR) is 221 cm³/mol. The number of fused-ring (bicyclic) bond motifs is 5. The van der Waals surface area contributed by atoms with Gasteiger partial charge < -0.3 is 23.3 Å². The van der Waals surface area contributed by atoms with Crippen LogP contribution in [0.1, 0.15) is 43.0 Å². The Morgan fingerprint density at radius 2 is 1.51 bits per heavy atom. The monoisotopic (exact) mass is 898 g/mol. The van der Waals surface area contributed by atoms with Crippen molar-refractivity contribution in [2.75, 3.05) is 11.9 Å². The van der Waals surface area contributed by atoms with Gasteiger partial charge in [0.1, 0.15) is 11.6 Å². The van der Waals surface area contributed by atoms with Gasteiger partial charge in [0.2, 0.25) is 13.0 Å². The van der Waals surface area contributed by atoms with Gasteiger partial charge in [-0.2, -0.15) is 18.2 Å². The van der Waals surface area contributed by atoms with Crippen LogP contribution >= 0.6 is 0 Å². The zero-order valence-electron chi connectivity index (χ0n) is 32.4. The van der Waals surface area contributed by atoms with Gasteiger partial charge in [-0.15, -0.1) is 29.7 Å². The van der Waals surface area contributed by atoms with E-state index in [-0.39, 0.29) is 33.2 Å². The molecule has 0 spiro atoms. The Morgan fingerprint density at radius 3 is 2.29 bits per heavy atom. The Hall–Kier alpha value is -5.39. The third-order valence-corrected chi connectivity index (χ3v) is 10.9. The second-order valence-corrected chi connectivity index (χ2v) is 15.7. The third-order valence-electron chi connectivity index (χ3n) is 10.9. The fourth-order valence-corrected chi connectivity index (χ4v) is 8.49. The molecule has 0 bridgehead atoms. The molecule has 0 aliphatic carbocycles. The van der Waals surface area contributed by atoms with Gasteiger partial charge in [-0.1, -0.05) is 108 Å². The number of imidazole rings is 1. The van der Waals surface area contributed by atoms with Gasteiger partial charge in [-0.3, -0.25) is 0 Å². The number of ether oxygens (including phenoxy) is 1. The minimum atomic E-state index is -0.0135. The molecular formula is C47H42BN5OPt-2. The van der Waals surface area contributed by atoms with E-state index in [2.05, 4.69) is 178 Å². The second kappa shape index (κ2) is 13.7. The summed E-state index contributed by atoms with van der Waals surface area (Å²) in [5, 5.41) is 2.24. The maximum Gasteiger partial charge on any atom is 0.242 e. The van der Waals surface area contributed by atoms with Crippen LogP contribution < -0.4 is 30.7 Å². The number of aryl methyl sites for hydroxylation is 4. The molecule has 4 heterocycles. The summed E-state index contributed by atoms with van der Waals surface area (Å²) in [6.07, 6.45) is 5.54. The topological polar surface area (TPSA) is 39.1 Å². The molecule has 8 aromatic rings. The first-order valence-electron chi connectivity index (χ1n) is 18.6. The summed E-state index contributed by atoms with van der Waals surface area (Å²) in [7, 11) is 4.24. The zero-order valence-corrected chi connectivity index (χ0v) is 34.7. The maximum atomic E-state index is 6.59. The SMILES string of the molecule is Cc1cc(C)c(B2c3ccccc3N(C)c3c2[n+](C)[c-]n3-c2[c-]c(Oc3[c-]c4c(cc3)c3ccccc3n4-c3cc(C(C)(C)C)ccn3)ccc2)c(C)c1.[Pt]. The van der Waals surface area contributed by atoms with Crippen LogP contribution in [0.15, 0.2) is 109 Å². The molecule has 0 radical (unpaired) electrons. The number of hydrogen-bond acceptors (Lipinski definition) is 3. The van der Waals surface area contributed by atoms with Crippen molar-refractivity contribution in [3.05, 3.63) is 150 Å². The van der Waals surface area contributed by atoms with Crippen LogP contribution in [0.4, 0.5) is 11.5 Å². The largest absolute Gasteiger partial charge is 0.510 e. The van der Waals surface area contributed by atoms with Crippen LogP contribution in [0.3, 0.4) is 0 Å². The van der Waals surface area contributed by atoms with Crippen LogP contribution in [-0.2, 0) is 33.5 Å². The van der Waals surface area contributed by atoms with Crippen molar-refractivity contribution in [2.45, 2.75) is 47.0 Å². The van der Waals surface area contributed by atoms with Gasteiger partial charge in [0.15, 0.2) is 0 Å². The van der Waals surface area contributed by atoms with E-state index < -0.39 is 0 Å². The van der Waals surface area contributed by atoms with Gasteiger partial charge in [-0.05, 0) is 61.4 Å². The van der Waals surface area contributed by atoms with E-state index in [1.54, 1.807) is 0 Å². The Balaban J connectivity index is 0.00000427. The Labute approximate surface area is 338 Å². The van der Waals surface area contributed by atoms with E-state index in [4.69, 9.17) is 9.72 Å². The maximum absolute atomic E-state index is 6.59. The fourth-order valence-electron chi connectivity index (χ4n) is 8.49. The minimum Gasteiger partial charge on any atom is -0.510 e. The molecule has 0 fully saturated rings. The van der Waals surface area contributed by atoms with Gasteiger partial charge in [0.05, 0.1) is 7.05 Å². The van der Waals surface area contributed by atoms with Crippen molar-refractivity contribution < 1.29 is 30.4 Å². The zero-order chi connectivity index (χ0) is 37.5. The minimum absolute atomic E-state index is 0. The molecule has 55 heavy (non-hydrogen) atoms. The molecule has 0 saturated heterocycles. The first-order valence-corrected chi connectivity index (χ1v) is 18.6. The molecule has 8 heteroatoms. The molecule has 0 unspecified atom stereocenters. The van der Waals surface area contributed by atoms with Crippen molar-refractivity contribution in [3.8, 4) is 23.0 Å².